The van der Waals surface area contributed by atoms with Crippen LogP contribution in [0.15, 0.2) is 59.4 Å². The summed E-state index contributed by atoms with van der Waals surface area (Å²) in [4.78, 5) is 39.4. The van der Waals surface area contributed by atoms with Crippen LogP contribution in [0.25, 0.3) is 10.9 Å². The van der Waals surface area contributed by atoms with Crippen LogP contribution in [0.5, 0.6) is 0 Å². The maximum Gasteiger partial charge on any atom is 0.319 e. The second-order valence-corrected chi connectivity index (χ2v) is 7.54. The third-order valence-electron chi connectivity index (χ3n) is 5.52. The average Bonchev–Trinajstić information content (AvgIpc) is 2.83. The first-order chi connectivity index (χ1) is 15.6. The molecule has 2 N–H and O–H groups in total. The Hall–Kier alpha value is -3.65. The fourth-order valence-corrected chi connectivity index (χ4v) is 3.90. The molecule has 2 amide bonds. The molecular weight excluding hydrogens is 408 g/mol. The van der Waals surface area contributed by atoms with Crippen LogP contribution in [0.2, 0.25) is 0 Å². The first kappa shape index (κ1) is 21.6. The molecule has 166 valence electrons. The van der Waals surface area contributed by atoms with Crippen molar-refractivity contribution in [2.24, 2.45) is 0 Å². The van der Waals surface area contributed by atoms with E-state index in [0.29, 0.717) is 44.1 Å². The number of aromatic nitrogens is 1. The Bertz CT molecular complexity index is 1180. The zero-order valence-electron chi connectivity index (χ0n) is 18.0. The Morgan fingerprint density at radius 2 is 1.78 bits per heavy atom. The normalized spacial score (nSPS) is 13.7. The lowest BCUT2D eigenvalue weighted by Gasteiger charge is -2.30. The van der Waals surface area contributed by atoms with E-state index in [0.717, 1.165) is 16.6 Å². The highest BCUT2D eigenvalue weighted by atomic mass is 16.5. The molecule has 0 saturated carbocycles. The highest BCUT2D eigenvalue weighted by Crippen LogP contribution is 2.28. The van der Waals surface area contributed by atoms with Gasteiger partial charge in [0.2, 0.25) is 0 Å². The molecular formula is C24H26N4O4. The Labute approximate surface area is 185 Å². The van der Waals surface area contributed by atoms with Crippen LogP contribution in [0.3, 0.4) is 0 Å². The molecule has 1 saturated heterocycles. The fraction of sp³-hybridized carbons (Fsp3) is 0.292. The van der Waals surface area contributed by atoms with E-state index in [1.165, 1.54) is 0 Å². The Kier molecular flexibility index (Phi) is 6.51. The number of hydrogen-bond donors (Lipinski definition) is 2. The summed E-state index contributed by atoms with van der Waals surface area (Å²) >= 11 is 0. The lowest BCUT2D eigenvalue weighted by molar-refractivity contribution is 0.0993. The topological polar surface area (TPSA) is 92.7 Å². The first-order valence-electron chi connectivity index (χ1n) is 10.7. The molecule has 0 unspecified atom stereocenters. The molecule has 0 spiro atoms. The molecule has 4 rings (SSSR count). The number of nitrogens with zero attached hydrogens (tertiary/aromatic N) is 2. The zero-order chi connectivity index (χ0) is 22.5. The number of rotatable bonds is 6. The van der Waals surface area contributed by atoms with Crippen molar-refractivity contribution < 1.29 is 14.3 Å². The number of carbonyl (C=O) groups is 2. The number of urea groups is 1. The number of ketones is 1. The van der Waals surface area contributed by atoms with Crippen molar-refractivity contribution in [2.45, 2.75) is 13.5 Å². The summed E-state index contributed by atoms with van der Waals surface area (Å²) in [6.07, 6.45) is 0. The van der Waals surface area contributed by atoms with Crippen LogP contribution in [0.1, 0.15) is 17.3 Å². The van der Waals surface area contributed by atoms with Crippen LogP contribution in [-0.4, -0.2) is 49.2 Å². The monoisotopic (exact) mass is 434 g/mol. The number of amides is 2. The fourth-order valence-electron chi connectivity index (χ4n) is 3.90. The predicted octanol–water partition coefficient (Wildman–Crippen LogP) is 2.86. The van der Waals surface area contributed by atoms with Crippen LogP contribution < -0.4 is 21.1 Å². The largest absolute Gasteiger partial charge is 0.378 e. The number of pyridine rings is 1. The molecule has 1 aliphatic rings. The second kappa shape index (κ2) is 9.65. The van der Waals surface area contributed by atoms with Crippen molar-refractivity contribution in [3.8, 4) is 0 Å². The van der Waals surface area contributed by atoms with Crippen molar-refractivity contribution >= 4 is 34.1 Å². The maximum atomic E-state index is 12.6. The number of carbonyl (C=O) groups excluding carboxylic acids is 2. The van der Waals surface area contributed by atoms with Gasteiger partial charge >= 0.3 is 6.03 Å². The number of Topliss-reactive ketones (excluding diaryl/α,β-unsaturated/α-hetero) is 1. The van der Waals surface area contributed by atoms with E-state index >= 15 is 0 Å². The standard InChI is InChI=1S/C24H26N4O4/c1-2-28-20-9-8-18(26-24(31)25-16-22(29)17-6-4-3-5-7-17)14-19(20)21(15-23(28)30)27-10-12-32-13-11-27/h3-9,14-15H,2,10-13,16H2,1H3,(H2,25,26,31). The van der Waals surface area contributed by atoms with Crippen molar-refractivity contribution in [3.63, 3.8) is 0 Å². The van der Waals surface area contributed by atoms with Gasteiger partial charge in [-0.15, -0.1) is 0 Å². The van der Waals surface area contributed by atoms with Crippen molar-refractivity contribution in [2.75, 3.05) is 43.1 Å². The zero-order valence-corrected chi connectivity index (χ0v) is 18.0. The first-order valence-corrected chi connectivity index (χ1v) is 10.7. The third-order valence-corrected chi connectivity index (χ3v) is 5.52. The Morgan fingerprint density at radius 3 is 2.50 bits per heavy atom. The van der Waals surface area contributed by atoms with Crippen molar-refractivity contribution in [3.05, 3.63) is 70.5 Å². The summed E-state index contributed by atoms with van der Waals surface area (Å²) in [5, 5.41) is 6.28. The van der Waals surface area contributed by atoms with Crippen LogP contribution >= 0.6 is 0 Å². The quantitative estimate of drug-likeness (QED) is 0.582. The molecule has 32 heavy (non-hydrogen) atoms. The minimum absolute atomic E-state index is 0.0561. The predicted molar refractivity (Wildman–Crippen MR) is 125 cm³/mol. The highest BCUT2D eigenvalue weighted by molar-refractivity contribution is 6.01. The summed E-state index contributed by atoms with van der Waals surface area (Å²) in [5.41, 5.74) is 2.72. The van der Waals surface area contributed by atoms with Gasteiger partial charge in [0.25, 0.3) is 5.56 Å². The van der Waals surface area contributed by atoms with Crippen LogP contribution in [0, 0.1) is 0 Å². The number of nitrogens with one attached hydrogen (secondary N) is 2. The summed E-state index contributed by atoms with van der Waals surface area (Å²) in [7, 11) is 0. The van der Waals surface area contributed by atoms with Crippen LogP contribution in [0.4, 0.5) is 16.2 Å². The number of hydrogen-bond acceptors (Lipinski definition) is 5. The molecule has 1 aliphatic heterocycles. The van der Waals surface area contributed by atoms with E-state index in [1.807, 2.05) is 25.1 Å². The average molecular weight is 434 g/mol. The molecule has 3 aromatic rings. The maximum absolute atomic E-state index is 12.6. The number of morpholine rings is 1. The third kappa shape index (κ3) is 4.65. The minimum Gasteiger partial charge on any atom is -0.378 e. The van der Waals surface area contributed by atoms with Crippen LogP contribution in [-0.2, 0) is 11.3 Å². The number of ether oxygens (including phenoxy) is 1. The summed E-state index contributed by atoms with van der Waals surface area (Å²) < 4.78 is 7.16. The van der Waals surface area contributed by atoms with E-state index in [-0.39, 0.29) is 17.9 Å². The van der Waals surface area contributed by atoms with Gasteiger partial charge in [-0.1, -0.05) is 30.3 Å². The molecule has 2 heterocycles. The molecule has 0 aliphatic carbocycles. The minimum atomic E-state index is -0.467. The van der Waals surface area contributed by atoms with Crippen molar-refractivity contribution in [1.29, 1.82) is 0 Å². The van der Waals surface area contributed by atoms with Gasteiger partial charge in [0, 0.05) is 42.3 Å². The van der Waals surface area contributed by atoms with Gasteiger partial charge in [-0.05, 0) is 25.1 Å². The molecule has 8 nitrogen and oxygen atoms in total. The number of anilines is 2. The lowest BCUT2D eigenvalue weighted by Crippen LogP contribution is -2.37. The van der Waals surface area contributed by atoms with Gasteiger partial charge in [0.1, 0.15) is 0 Å². The smallest absolute Gasteiger partial charge is 0.319 e. The lowest BCUT2D eigenvalue weighted by atomic mass is 10.1. The van der Waals surface area contributed by atoms with E-state index < -0.39 is 6.03 Å². The van der Waals surface area contributed by atoms with E-state index in [2.05, 4.69) is 15.5 Å². The molecule has 0 bridgehead atoms. The molecule has 0 atom stereocenters. The Balaban J connectivity index is 1.55. The molecule has 0 radical (unpaired) electrons. The van der Waals surface area contributed by atoms with E-state index in [9.17, 15) is 14.4 Å². The molecule has 1 fully saturated rings. The van der Waals surface area contributed by atoms with Gasteiger partial charge < -0.3 is 24.8 Å². The van der Waals surface area contributed by atoms with Gasteiger partial charge in [0.05, 0.1) is 31.0 Å². The molecule has 8 heteroatoms. The van der Waals surface area contributed by atoms with Gasteiger partial charge in [0.15, 0.2) is 5.78 Å². The van der Waals surface area contributed by atoms with Gasteiger partial charge in [-0.2, -0.15) is 0 Å². The highest BCUT2D eigenvalue weighted by Gasteiger charge is 2.17. The number of fused-ring (bicyclic) bond motifs is 1. The number of benzene rings is 2. The van der Waals surface area contributed by atoms with Gasteiger partial charge in [-0.25, -0.2) is 4.79 Å². The van der Waals surface area contributed by atoms with Gasteiger partial charge in [-0.3, -0.25) is 9.59 Å². The Morgan fingerprint density at radius 1 is 1.03 bits per heavy atom. The van der Waals surface area contributed by atoms with Crippen molar-refractivity contribution in [1.82, 2.24) is 9.88 Å². The summed E-state index contributed by atoms with van der Waals surface area (Å²) in [6.45, 7) is 4.99. The van der Waals surface area contributed by atoms with E-state index in [1.54, 1.807) is 41.0 Å². The second-order valence-electron chi connectivity index (χ2n) is 7.54. The number of aryl methyl sites for hydroxylation is 1. The van der Waals surface area contributed by atoms with E-state index in [4.69, 9.17) is 4.74 Å². The summed E-state index contributed by atoms with van der Waals surface area (Å²) in [5.74, 6) is -0.166. The SMILES string of the molecule is CCn1c(=O)cc(N2CCOCC2)c2cc(NC(=O)NCC(=O)c3ccccc3)ccc21. The molecule has 1 aromatic heterocycles. The summed E-state index contributed by atoms with van der Waals surface area (Å²) in [6, 6.07) is 15.5. The molecule has 2 aromatic carbocycles.